The first-order valence-corrected chi connectivity index (χ1v) is 3.16. The average Bonchev–Trinajstić information content (AvgIpc) is 1.80. The van der Waals surface area contributed by atoms with Gasteiger partial charge in [-0.2, -0.15) is 0 Å². The third kappa shape index (κ3) is 10.8. The molecule has 0 aliphatic carbocycles. The van der Waals surface area contributed by atoms with E-state index < -0.39 is 0 Å². The molecule has 0 fully saturated rings. The number of hydrogen-bond acceptors (Lipinski definition) is 2. The first-order valence-electron chi connectivity index (χ1n) is 3.16. The van der Waals surface area contributed by atoms with E-state index in [1.165, 1.54) is 6.92 Å². The minimum Gasteiger partial charge on any atom is -0.356 e. The lowest BCUT2D eigenvalue weighted by Crippen LogP contribution is -2.23. The topological polar surface area (TPSA) is 41.1 Å². The van der Waals surface area contributed by atoms with E-state index in [0.717, 1.165) is 19.5 Å². The predicted molar refractivity (Wildman–Crippen MR) is 47.5 cm³/mol. The summed E-state index contributed by atoms with van der Waals surface area (Å²) < 4.78 is 0. The summed E-state index contributed by atoms with van der Waals surface area (Å²) in [5, 5.41) is 5.69. The van der Waals surface area contributed by atoms with Crippen LogP contribution in [0.2, 0.25) is 0 Å². The molecule has 0 aromatic rings. The number of amides is 1. The number of halogens is 1. The van der Waals surface area contributed by atoms with Crippen molar-refractivity contribution in [3.05, 3.63) is 0 Å². The fourth-order valence-electron chi connectivity index (χ4n) is 0.530. The van der Waals surface area contributed by atoms with E-state index in [4.69, 9.17) is 0 Å². The molecule has 10 heavy (non-hydrogen) atoms. The Hall–Kier alpha value is -0.0900. The highest BCUT2D eigenvalue weighted by molar-refractivity contribution is 8.93. The maximum Gasteiger partial charge on any atom is 0.216 e. The molecule has 0 atom stereocenters. The zero-order valence-electron chi connectivity index (χ0n) is 6.44. The molecule has 0 saturated heterocycles. The lowest BCUT2D eigenvalue weighted by atomic mass is 10.4. The minimum absolute atomic E-state index is 0. The smallest absolute Gasteiger partial charge is 0.216 e. The van der Waals surface area contributed by atoms with Crippen molar-refractivity contribution in [3.8, 4) is 0 Å². The van der Waals surface area contributed by atoms with Crippen LogP contribution in [-0.4, -0.2) is 26.0 Å². The van der Waals surface area contributed by atoms with Crippen molar-refractivity contribution < 1.29 is 4.79 Å². The van der Waals surface area contributed by atoms with Gasteiger partial charge in [0.1, 0.15) is 0 Å². The van der Waals surface area contributed by atoms with E-state index in [2.05, 4.69) is 10.6 Å². The van der Waals surface area contributed by atoms with Crippen molar-refractivity contribution in [2.45, 2.75) is 13.3 Å². The van der Waals surface area contributed by atoms with Crippen LogP contribution in [0.25, 0.3) is 0 Å². The molecular weight excluding hydrogens is 196 g/mol. The van der Waals surface area contributed by atoms with Crippen molar-refractivity contribution in [1.29, 1.82) is 0 Å². The summed E-state index contributed by atoms with van der Waals surface area (Å²) in [6.07, 6.45) is 0.996. The summed E-state index contributed by atoms with van der Waals surface area (Å²) in [6, 6.07) is 0. The second kappa shape index (κ2) is 8.91. The highest BCUT2D eigenvalue weighted by atomic mass is 79.9. The minimum atomic E-state index is 0. The molecule has 0 spiro atoms. The first-order chi connectivity index (χ1) is 4.27. The molecule has 0 heterocycles. The zero-order valence-corrected chi connectivity index (χ0v) is 8.15. The van der Waals surface area contributed by atoms with E-state index >= 15 is 0 Å². The number of carbonyl (C=O) groups excluding carboxylic acids is 1. The van der Waals surface area contributed by atoms with Gasteiger partial charge in [-0.15, -0.1) is 17.0 Å². The molecule has 0 saturated carbocycles. The molecule has 0 unspecified atom stereocenters. The van der Waals surface area contributed by atoms with Gasteiger partial charge >= 0.3 is 0 Å². The molecule has 0 radical (unpaired) electrons. The van der Waals surface area contributed by atoms with Gasteiger partial charge in [-0.3, -0.25) is 4.79 Å². The van der Waals surface area contributed by atoms with E-state index in [1.54, 1.807) is 0 Å². The van der Waals surface area contributed by atoms with E-state index in [9.17, 15) is 4.79 Å². The van der Waals surface area contributed by atoms with Crippen molar-refractivity contribution >= 4 is 22.9 Å². The van der Waals surface area contributed by atoms with Crippen LogP contribution in [0.4, 0.5) is 0 Å². The van der Waals surface area contributed by atoms with Crippen molar-refractivity contribution in [3.63, 3.8) is 0 Å². The van der Waals surface area contributed by atoms with Crippen LogP contribution in [0.15, 0.2) is 0 Å². The Morgan fingerprint density at radius 3 is 2.40 bits per heavy atom. The summed E-state index contributed by atoms with van der Waals surface area (Å²) >= 11 is 0. The third-order valence-corrected chi connectivity index (χ3v) is 0.977. The standard InChI is InChI=1S/C6H14N2O.BrH/c1-6(9)8-5-3-4-7-2;/h7H,3-5H2,1-2H3,(H,8,9);1H. The predicted octanol–water partition coefficient (Wildman–Crippen LogP) is 0.310. The number of nitrogens with one attached hydrogen (secondary N) is 2. The van der Waals surface area contributed by atoms with Crippen molar-refractivity contribution in [2.75, 3.05) is 20.1 Å². The second-order valence-corrected chi connectivity index (χ2v) is 1.94. The van der Waals surface area contributed by atoms with Gasteiger partial charge in [0, 0.05) is 13.5 Å². The highest BCUT2D eigenvalue weighted by Crippen LogP contribution is 1.70. The average molecular weight is 211 g/mol. The Morgan fingerprint density at radius 2 is 2.00 bits per heavy atom. The van der Waals surface area contributed by atoms with Gasteiger partial charge in [-0.05, 0) is 20.0 Å². The van der Waals surface area contributed by atoms with Crippen LogP contribution in [0.1, 0.15) is 13.3 Å². The molecule has 0 aliphatic heterocycles. The van der Waals surface area contributed by atoms with Gasteiger partial charge in [0.05, 0.1) is 0 Å². The van der Waals surface area contributed by atoms with E-state index in [-0.39, 0.29) is 22.9 Å². The van der Waals surface area contributed by atoms with Crippen molar-refractivity contribution in [2.24, 2.45) is 0 Å². The lowest BCUT2D eigenvalue weighted by Gasteiger charge is -1.99. The van der Waals surface area contributed by atoms with Gasteiger partial charge in [0.2, 0.25) is 5.91 Å². The Morgan fingerprint density at radius 1 is 1.40 bits per heavy atom. The summed E-state index contributed by atoms with van der Waals surface area (Å²) in [5.41, 5.74) is 0. The summed E-state index contributed by atoms with van der Waals surface area (Å²) in [4.78, 5) is 10.3. The Labute approximate surface area is 72.3 Å². The molecule has 0 aromatic carbocycles. The second-order valence-electron chi connectivity index (χ2n) is 1.94. The Kier molecular flexibility index (Phi) is 11.2. The monoisotopic (exact) mass is 210 g/mol. The fraction of sp³-hybridized carbons (Fsp3) is 0.833. The largest absolute Gasteiger partial charge is 0.356 e. The molecule has 2 N–H and O–H groups in total. The van der Waals surface area contributed by atoms with Gasteiger partial charge < -0.3 is 10.6 Å². The lowest BCUT2D eigenvalue weighted by molar-refractivity contribution is -0.118. The van der Waals surface area contributed by atoms with Crippen LogP contribution in [0.5, 0.6) is 0 Å². The molecule has 0 aromatic heterocycles. The first kappa shape index (κ1) is 12.6. The van der Waals surface area contributed by atoms with Gasteiger partial charge in [0.15, 0.2) is 0 Å². The van der Waals surface area contributed by atoms with Crippen LogP contribution in [-0.2, 0) is 4.79 Å². The number of rotatable bonds is 4. The highest BCUT2D eigenvalue weighted by Gasteiger charge is 1.87. The maximum atomic E-state index is 10.3. The molecule has 4 heteroatoms. The van der Waals surface area contributed by atoms with E-state index in [1.807, 2.05) is 7.05 Å². The summed E-state index contributed by atoms with van der Waals surface area (Å²) in [6.45, 7) is 3.26. The van der Waals surface area contributed by atoms with Gasteiger partial charge in [-0.1, -0.05) is 0 Å². The quantitative estimate of drug-likeness (QED) is 0.657. The molecular formula is C6H15BrN2O. The fourth-order valence-corrected chi connectivity index (χ4v) is 0.530. The van der Waals surface area contributed by atoms with Crippen LogP contribution in [0.3, 0.4) is 0 Å². The molecule has 3 nitrogen and oxygen atoms in total. The molecule has 0 rings (SSSR count). The summed E-state index contributed by atoms with van der Waals surface area (Å²) in [5.74, 6) is 0.0473. The normalized spacial score (nSPS) is 8.20. The number of carbonyl (C=O) groups is 1. The van der Waals surface area contributed by atoms with E-state index in [0.29, 0.717) is 0 Å². The van der Waals surface area contributed by atoms with Gasteiger partial charge in [-0.25, -0.2) is 0 Å². The Balaban J connectivity index is 0. The summed E-state index contributed by atoms with van der Waals surface area (Å²) in [7, 11) is 1.90. The maximum absolute atomic E-state index is 10.3. The number of hydrogen-bond donors (Lipinski definition) is 2. The Bertz CT molecular complexity index is 87.8. The van der Waals surface area contributed by atoms with Crippen LogP contribution in [0, 0.1) is 0 Å². The third-order valence-electron chi connectivity index (χ3n) is 0.977. The van der Waals surface area contributed by atoms with Crippen LogP contribution >= 0.6 is 17.0 Å². The molecule has 1 amide bonds. The van der Waals surface area contributed by atoms with Crippen LogP contribution < -0.4 is 10.6 Å². The van der Waals surface area contributed by atoms with Crippen molar-refractivity contribution in [1.82, 2.24) is 10.6 Å². The molecule has 62 valence electrons. The zero-order chi connectivity index (χ0) is 7.11. The molecule has 0 bridgehead atoms. The van der Waals surface area contributed by atoms with Gasteiger partial charge in [0.25, 0.3) is 0 Å². The SMILES string of the molecule is Br.CNCCCNC(C)=O. The molecule has 0 aliphatic rings.